The summed E-state index contributed by atoms with van der Waals surface area (Å²) in [6.45, 7) is 4.56. The van der Waals surface area contributed by atoms with Crippen molar-refractivity contribution in [2.75, 3.05) is 26.2 Å². The van der Waals surface area contributed by atoms with Crippen LogP contribution in [-0.2, 0) is 0 Å². The highest BCUT2D eigenvalue weighted by Crippen LogP contribution is 2.24. The zero-order chi connectivity index (χ0) is 14.0. The molecule has 1 aromatic carbocycles. The maximum atomic E-state index is 9.56. The molecule has 0 unspecified atom stereocenters. The number of ether oxygens (including phenoxy) is 1. The monoisotopic (exact) mass is 277 g/mol. The number of benzene rings is 1. The molecule has 1 N–H and O–H groups in total. The standard InChI is InChI=1S/C17H27NO2/c19-16-10-4-5-11-17(16)20-15-9-2-1-6-12-18-13-7-3-8-14-18/h4-5,10-11,19H,1-3,6-9,12-15H2. The molecular weight excluding hydrogens is 250 g/mol. The normalized spacial score (nSPS) is 16.2. The van der Waals surface area contributed by atoms with Crippen LogP contribution < -0.4 is 4.74 Å². The molecule has 0 amide bonds. The lowest BCUT2D eigenvalue weighted by Gasteiger charge is -2.26. The van der Waals surface area contributed by atoms with Crippen molar-refractivity contribution in [3.8, 4) is 11.5 Å². The minimum Gasteiger partial charge on any atom is -0.504 e. The molecule has 0 atom stereocenters. The number of phenols is 1. The van der Waals surface area contributed by atoms with Gasteiger partial charge in [0.1, 0.15) is 0 Å². The SMILES string of the molecule is Oc1ccccc1OCCCCCCN1CCCCC1. The highest BCUT2D eigenvalue weighted by atomic mass is 16.5. The number of hydrogen-bond donors (Lipinski definition) is 1. The van der Waals surface area contributed by atoms with E-state index in [1.54, 1.807) is 6.07 Å². The molecule has 0 bridgehead atoms. The third-order valence-corrected chi connectivity index (χ3v) is 3.94. The predicted molar refractivity (Wildman–Crippen MR) is 82.4 cm³/mol. The van der Waals surface area contributed by atoms with Gasteiger partial charge in [-0.25, -0.2) is 0 Å². The van der Waals surface area contributed by atoms with Crippen LogP contribution in [-0.4, -0.2) is 36.2 Å². The summed E-state index contributed by atoms with van der Waals surface area (Å²) in [5.74, 6) is 0.832. The number of piperidine rings is 1. The fourth-order valence-electron chi connectivity index (χ4n) is 2.74. The Morgan fingerprint density at radius 2 is 1.70 bits per heavy atom. The van der Waals surface area contributed by atoms with Gasteiger partial charge < -0.3 is 14.7 Å². The third kappa shape index (κ3) is 5.41. The van der Waals surface area contributed by atoms with E-state index >= 15 is 0 Å². The number of para-hydroxylation sites is 2. The first-order valence-corrected chi connectivity index (χ1v) is 7.99. The van der Waals surface area contributed by atoms with Gasteiger partial charge in [0, 0.05) is 0 Å². The lowest BCUT2D eigenvalue weighted by atomic mass is 10.1. The van der Waals surface area contributed by atoms with Crippen LogP contribution in [0.2, 0.25) is 0 Å². The van der Waals surface area contributed by atoms with Crippen molar-refractivity contribution in [1.82, 2.24) is 4.90 Å². The predicted octanol–water partition coefficient (Wildman–Crippen LogP) is 3.82. The zero-order valence-corrected chi connectivity index (χ0v) is 12.4. The van der Waals surface area contributed by atoms with Crippen LogP contribution in [0.25, 0.3) is 0 Å². The molecule has 3 nitrogen and oxygen atoms in total. The molecule has 20 heavy (non-hydrogen) atoms. The second kappa shape index (κ2) is 8.85. The van der Waals surface area contributed by atoms with Crippen molar-refractivity contribution in [2.24, 2.45) is 0 Å². The molecule has 112 valence electrons. The summed E-state index contributed by atoms with van der Waals surface area (Å²) in [6, 6.07) is 7.16. The number of unbranched alkanes of at least 4 members (excludes halogenated alkanes) is 3. The van der Waals surface area contributed by atoms with Gasteiger partial charge in [0.25, 0.3) is 0 Å². The van der Waals surface area contributed by atoms with E-state index < -0.39 is 0 Å². The molecule has 0 spiro atoms. The highest BCUT2D eigenvalue weighted by molar-refractivity contribution is 5.37. The molecule has 2 rings (SSSR count). The van der Waals surface area contributed by atoms with Crippen molar-refractivity contribution < 1.29 is 9.84 Å². The van der Waals surface area contributed by atoms with Gasteiger partial charge in [-0.05, 0) is 57.5 Å². The Morgan fingerprint density at radius 1 is 0.950 bits per heavy atom. The summed E-state index contributed by atoms with van der Waals surface area (Å²) in [6.07, 6.45) is 9.04. The molecular formula is C17H27NO2. The first-order chi connectivity index (χ1) is 9.86. The fourth-order valence-corrected chi connectivity index (χ4v) is 2.74. The van der Waals surface area contributed by atoms with Gasteiger partial charge in [0.05, 0.1) is 6.61 Å². The van der Waals surface area contributed by atoms with Crippen molar-refractivity contribution in [3.05, 3.63) is 24.3 Å². The molecule has 1 aliphatic rings. The van der Waals surface area contributed by atoms with Crippen molar-refractivity contribution in [1.29, 1.82) is 0 Å². The quantitative estimate of drug-likeness (QED) is 0.733. The van der Waals surface area contributed by atoms with Gasteiger partial charge in [-0.3, -0.25) is 0 Å². The van der Waals surface area contributed by atoms with Crippen LogP contribution in [0, 0.1) is 0 Å². The van der Waals surface area contributed by atoms with Gasteiger partial charge in [-0.15, -0.1) is 0 Å². The van der Waals surface area contributed by atoms with Crippen molar-refractivity contribution in [3.63, 3.8) is 0 Å². The Kier molecular flexibility index (Phi) is 6.72. The van der Waals surface area contributed by atoms with E-state index in [1.807, 2.05) is 18.2 Å². The van der Waals surface area contributed by atoms with Crippen LogP contribution in [0.4, 0.5) is 0 Å². The fraction of sp³-hybridized carbons (Fsp3) is 0.647. The summed E-state index contributed by atoms with van der Waals surface area (Å²) in [5, 5.41) is 9.56. The van der Waals surface area contributed by atoms with E-state index in [2.05, 4.69) is 4.90 Å². The van der Waals surface area contributed by atoms with Crippen LogP contribution in [0.1, 0.15) is 44.9 Å². The first-order valence-electron chi connectivity index (χ1n) is 7.99. The Balaban J connectivity index is 1.46. The molecule has 1 aromatic rings. The van der Waals surface area contributed by atoms with Crippen molar-refractivity contribution >= 4 is 0 Å². The van der Waals surface area contributed by atoms with E-state index in [-0.39, 0.29) is 5.75 Å². The van der Waals surface area contributed by atoms with Gasteiger partial charge in [-0.2, -0.15) is 0 Å². The highest BCUT2D eigenvalue weighted by Gasteiger charge is 2.08. The number of likely N-dealkylation sites (tertiary alicyclic amines) is 1. The van der Waals surface area contributed by atoms with E-state index in [0.29, 0.717) is 12.4 Å². The van der Waals surface area contributed by atoms with E-state index in [0.717, 1.165) is 6.42 Å². The maximum absolute atomic E-state index is 9.56. The van der Waals surface area contributed by atoms with Gasteiger partial charge >= 0.3 is 0 Å². The molecule has 1 fully saturated rings. The lowest BCUT2D eigenvalue weighted by molar-refractivity contribution is 0.222. The number of aromatic hydroxyl groups is 1. The third-order valence-electron chi connectivity index (χ3n) is 3.94. The maximum Gasteiger partial charge on any atom is 0.160 e. The minimum atomic E-state index is 0.234. The molecule has 0 radical (unpaired) electrons. The summed E-state index contributed by atoms with van der Waals surface area (Å²) < 4.78 is 5.57. The molecule has 0 aliphatic carbocycles. The van der Waals surface area contributed by atoms with Crippen LogP contribution in [0.3, 0.4) is 0 Å². The number of nitrogens with zero attached hydrogens (tertiary/aromatic N) is 1. The van der Waals surface area contributed by atoms with E-state index in [4.69, 9.17) is 4.74 Å². The number of phenolic OH excluding ortho intramolecular Hbond substituents is 1. The zero-order valence-electron chi connectivity index (χ0n) is 12.4. The van der Waals surface area contributed by atoms with E-state index in [9.17, 15) is 5.11 Å². The average Bonchev–Trinajstić information content (AvgIpc) is 2.49. The summed E-state index contributed by atoms with van der Waals surface area (Å²) in [7, 11) is 0. The van der Waals surface area contributed by atoms with Gasteiger partial charge in [-0.1, -0.05) is 31.4 Å². The molecule has 0 saturated carbocycles. The Hall–Kier alpha value is -1.22. The second-order valence-corrected chi connectivity index (χ2v) is 5.63. The lowest BCUT2D eigenvalue weighted by Crippen LogP contribution is -2.30. The smallest absolute Gasteiger partial charge is 0.160 e. The first kappa shape index (κ1) is 15.2. The summed E-state index contributed by atoms with van der Waals surface area (Å²) >= 11 is 0. The molecule has 0 aromatic heterocycles. The van der Waals surface area contributed by atoms with Gasteiger partial charge in [0.15, 0.2) is 11.5 Å². The topological polar surface area (TPSA) is 32.7 Å². The van der Waals surface area contributed by atoms with Crippen LogP contribution >= 0.6 is 0 Å². The van der Waals surface area contributed by atoms with Crippen LogP contribution in [0.15, 0.2) is 24.3 Å². The molecule has 1 aliphatic heterocycles. The van der Waals surface area contributed by atoms with Crippen LogP contribution in [0.5, 0.6) is 11.5 Å². The number of rotatable bonds is 8. The Labute approximate surface area is 122 Å². The molecule has 1 saturated heterocycles. The largest absolute Gasteiger partial charge is 0.504 e. The Bertz CT molecular complexity index is 375. The van der Waals surface area contributed by atoms with Gasteiger partial charge in [0.2, 0.25) is 0 Å². The summed E-state index contributed by atoms with van der Waals surface area (Å²) in [4.78, 5) is 2.60. The number of hydrogen-bond acceptors (Lipinski definition) is 3. The van der Waals surface area contributed by atoms with Crippen molar-refractivity contribution in [2.45, 2.75) is 44.9 Å². The molecule has 1 heterocycles. The molecule has 3 heteroatoms. The average molecular weight is 277 g/mol. The van der Waals surface area contributed by atoms with E-state index in [1.165, 1.54) is 58.2 Å². The minimum absolute atomic E-state index is 0.234. The summed E-state index contributed by atoms with van der Waals surface area (Å²) in [5.41, 5.74) is 0. The second-order valence-electron chi connectivity index (χ2n) is 5.63. The Morgan fingerprint density at radius 3 is 2.50 bits per heavy atom.